The van der Waals surface area contributed by atoms with Crippen LogP contribution in [0.15, 0.2) is 24.3 Å². The first kappa shape index (κ1) is 20.2. The van der Waals surface area contributed by atoms with Gasteiger partial charge in [0.05, 0.1) is 18.3 Å². The molecule has 1 aliphatic heterocycles. The van der Waals surface area contributed by atoms with Crippen LogP contribution in [0, 0.1) is 5.92 Å². The van der Waals surface area contributed by atoms with Gasteiger partial charge in [-0.15, -0.1) is 0 Å². The van der Waals surface area contributed by atoms with Gasteiger partial charge in [-0.05, 0) is 37.0 Å². The first-order valence-corrected chi connectivity index (χ1v) is 10.4. The summed E-state index contributed by atoms with van der Waals surface area (Å²) in [6, 6.07) is 7.50. The largest absolute Gasteiger partial charge is 0.384 e. The van der Waals surface area contributed by atoms with E-state index in [0.29, 0.717) is 37.4 Å². The van der Waals surface area contributed by atoms with Crippen molar-refractivity contribution in [3.05, 3.63) is 34.9 Å². The number of nitrogens with zero attached hydrogens (tertiary/aromatic N) is 1. The minimum absolute atomic E-state index is 0.0472. The number of piperidine rings is 1. The molecule has 1 aliphatic rings. The molecule has 1 N–H and O–H groups in total. The quantitative estimate of drug-likeness (QED) is 0.735. The van der Waals surface area contributed by atoms with E-state index in [1.807, 2.05) is 24.3 Å². The molecule has 1 aromatic rings. The number of methoxy groups -OCH3 is 1. The second kappa shape index (κ2) is 9.52. The maximum absolute atomic E-state index is 12.4. The van der Waals surface area contributed by atoms with Crippen molar-refractivity contribution in [3.63, 3.8) is 0 Å². The summed E-state index contributed by atoms with van der Waals surface area (Å²) in [5.41, 5.74) is 1.09. The maximum atomic E-state index is 12.4. The molecule has 1 fully saturated rings. The Morgan fingerprint density at radius 3 is 2.76 bits per heavy atom. The third-order valence-corrected chi connectivity index (χ3v) is 6.37. The van der Waals surface area contributed by atoms with Crippen molar-refractivity contribution < 1.29 is 17.9 Å². The summed E-state index contributed by atoms with van der Waals surface area (Å²) in [5, 5.41) is 3.60. The molecule has 0 saturated carbocycles. The molecule has 0 bridgehead atoms. The van der Waals surface area contributed by atoms with Crippen LogP contribution in [0.25, 0.3) is 0 Å². The van der Waals surface area contributed by atoms with Crippen LogP contribution in [0.5, 0.6) is 0 Å². The van der Waals surface area contributed by atoms with E-state index in [1.165, 1.54) is 11.4 Å². The smallest absolute Gasteiger partial charge is 0.224 e. The van der Waals surface area contributed by atoms with Crippen LogP contribution < -0.4 is 5.32 Å². The van der Waals surface area contributed by atoms with Gasteiger partial charge >= 0.3 is 0 Å². The molecule has 1 atom stereocenters. The van der Waals surface area contributed by atoms with Crippen LogP contribution >= 0.6 is 11.6 Å². The van der Waals surface area contributed by atoms with E-state index in [1.54, 1.807) is 0 Å². The summed E-state index contributed by atoms with van der Waals surface area (Å²) in [6.07, 6.45) is 2.12. The van der Waals surface area contributed by atoms with Gasteiger partial charge in [0.2, 0.25) is 15.9 Å². The number of amides is 1. The highest BCUT2D eigenvalue weighted by atomic mass is 35.5. The zero-order chi connectivity index (χ0) is 18.3. The van der Waals surface area contributed by atoms with Gasteiger partial charge in [0.25, 0.3) is 0 Å². The second-order valence-corrected chi connectivity index (χ2v) is 8.70. The van der Waals surface area contributed by atoms with E-state index in [4.69, 9.17) is 16.3 Å². The summed E-state index contributed by atoms with van der Waals surface area (Å²) in [7, 11) is -1.89. The van der Waals surface area contributed by atoms with E-state index < -0.39 is 10.0 Å². The molecule has 140 valence electrons. The highest BCUT2D eigenvalue weighted by molar-refractivity contribution is 7.89. The monoisotopic (exact) mass is 388 g/mol. The molecule has 0 spiro atoms. The van der Waals surface area contributed by atoms with E-state index >= 15 is 0 Å². The lowest BCUT2D eigenvalue weighted by molar-refractivity contribution is -0.126. The van der Waals surface area contributed by atoms with E-state index in [0.717, 1.165) is 5.56 Å². The van der Waals surface area contributed by atoms with Gasteiger partial charge in [-0.1, -0.05) is 23.7 Å². The molecule has 1 amide bonds. The zero-order valence-corrected chi connectivity index (χ0v) is 16.0. The standard InChI is InChI=1S/C17H25ClN2O4S/c1-24-11-12-25(22,23)20-10-2-3-15(13-20)17(21)19-9-8-14-4-6-16(18)7-5-14/h4-7,15H,2-3,8-13H2,1H3,(H,19,21). The van der Waals surface area contributed by atoms with Crippen molar-refractivity contribution in [2.24, 2.45) is 5.92 Å². The molecule has 0 aromatic heterocycles. The summed E-state index contributed by atoms with van der Waals surface area (Å²) >= 11 is 5.85. The molecule has 25 heavy (non-hydrogen) atoms. The molecule has 8 heteroatoms. The van der Waals surface area contributed by atoms with Crippen molar-refractivity contribution in [3.8, 4) is 0 Å². The Morgan fingerprint density at radius 2 is 2.08 bits per heavy atom. The topological polar surface area (TPSA) is 75.7 Å². The Hall–Kier alpha value is -1.15. The van der Waals surface area contributed by atoms with Gasteiger partial charge in [-0.3, -0.25) is 4.79 Å². The van der Waals surface area contributed by atoms with E-state index in [2.05, 4.69) is 5.32 Å². The fourth-order valence-corrected chi connectivity index (χ4v) is 4.43. The van der Waals surface area contributed by atoms with Crippen LogP contribution in [-0.2, 0) is 26.0 Å². The third kappa shape index (κ3) is 6.26. The van der Waals surface area contributed by atoms with Gasteiger partial charge in [0, 0.05) is 31.8 Å². The second-order valence-electron chi connectivity index (χ2n) is 6.17. The molecule has 2 rings (SSSR count). The number of rotatable bonds is 8. The number of hydrogen-bond donors (Lipinski definition) is 1. The summed E-state index contributed by atoms with van der Waals surface area (Å²) < 4.78 is 30.8. The van der Waals surface area contributed by atoms with Crippen molar-refractivity contribution >= 4 is 27.5 Å². The predicted octanol–water partition coefficient (Wildman–Crippen LogP) is 1.69. The number of halogens is 1. The highest BCUT2D eigenvalue weighted by Gasteiger charge is 2.31. The SMILES string of the molecule is COCCS(=O)(=O)N1CCCC(C(=O)NCCc2ccc(Cl)cc2)C1. The number of carbonyl (C=O) groups excluding carboxylic acids is 1. The van der Waals surface area contributed by atoms with E-state index in [9.17, 15) is 13.2 Å². The Morgan fingerprint density at radius 1 is 1.36 bits per heavy atom. The fourth-order valence-electron chi connectivity index (χ4n) is 2.85. The molecule has 0 aliphatic carbocycles. The maximum Gasteiger partial charge on any atom is 0.224 e. The minimum Gasteiger partial charge on any atom is -0.384 e. The summed E-state index contributed by atoms with van der Waals surface area (Å²) in [6.45, 7) is 1.41. The number of ether oxygens (including phenoxy) is 1. The van der Waals surface area contributed by atoms with Crippen molar-refractivity contribution in [1.29, 1.82) is 0 Å². The predicted molar refractivity (Wildman–Crippen MR) is 98.1 cm³/mol. The molecule has 1 unspecified atom stereocenters. The number of nitrogens with one attached hydrogen (secondary N) is 1. The number of hydrogen-bond acceptors (Lipinski definition) is 4. The average Bonchev–Trinajstić information content (AvgIpc) is 2.61. The Balaban J connectivity index is 1.81. The average molecular weight is 389 g/mol. The molecular weight excluding hydrogens is 364 g/mol. The van der Waals surface area contributed by atoms with Crippen molar-refractivity contribution in [2.45, 2.75) is 19.3 Å². The van der Waals surface area contributed by atoms with Crippen LogP contribution in [0.4, 0.5) is 0 Å². The van der Waals surface area contributed by atoms with E-state index in [-0.39, 0.29) is 30.7 Å². The zero-order valence-electron chi connectivity index (χ0n) is 14.4. The molecule has 1 aromatic carbocycles. The minimum atomic E-state index is -3.36. The first-order chi connectivity index (χ1) is 11.9. The molecule has 6 nitrogen and oxygen atoms in total. The lowest BCUT2D eigenvalue weighted by atomic mass is 9.99. The van der Waals surface area contributed by atoms with Crippen LogP contribution in [0.1, 0.15) is 18.4 Å². The van der Waals surface area contributed by atoms with Gasteiger partial charge in [-0.25, -0.2) is 12.7 Å². The highest BCUT2D eigenvalue weighted by Crippen LogP contribution is 2.19. The number of sulfonamides is 1. The fraction of sp³-hybridized carbons (Fsp3) is 0.588. The molecule has 0 radical (unpaired) electrons. The van der Waals surface area contributed by atoms with Gasteiger partial charge < -0.3 is 10.1 Å². The Bertz CT molecular complexity index is 664. The van der Waals surface area contributed by atoms with Crippen molar-refractivity contribution in [2.75, 3.05) is 39.1 Å². The van der Waals surface area contributed by atoms with Gasteiger partial charge in [0.15, 0.2) is 0 Å². The molecule has 1 saturated heterocycles. The molecule has 1 heterocycles. The normalized spacial score (nSPS) is 18.9. The van der Waals surface area contributed by atoms with Gasteiger partial charge in [-0.2, -0.15) is 0 Å². The Labute approximate surface area is 154 Å². The van der Waals surface area contributed by atoms with Crippen LogP contribution in [0.2, 0.25) is 5.02 Å². The Kier molecular flexibility index (Phi) is 7.68. The number of benzene rings is 1. The van der Waals surface area contributed by atoms with Crippen LogP contribution in [-0.4, -0.2) is 57.7 Å². The lowest BCUT2D eigenvalue weighted by Gasteiger charge is -2.31. The van der Waals surface area contributed by atoms with Crippen LogP contribution in [0.3, 0.4) is 0 Å². The third-order valence-electron chi connectivity index (χ3n) is 4.32. The summed E-state index contributed by atoms with van der Waals surface area (Å²) in [4.78, 5) is 12.4. The van der Waals surface area contributed by atoms with Gasteiger partial charge in [0.1, 0.15) is 0 Å². The lowest BCUT2D eigenvalue weighted by Crippen LogP contribution is -2.46. The summed E-state index contributed by atoms with van der Waals surface area (Å²) in [5.74, 6) is -0.425. The first-order valence-electron chi connectivity index (χ1n) is 8.41. The number of carbonyl (C=O) groups is 1. The molecular formula is C17H25ClN2O4S. The van der Waals surface area contributed by atoms with Crippen molar-refractivity contribution in [1.82, 2.24) is 9.62 Å².